The second-order valence-corrected chi connectivity index (χ2v) is 5.04. The van der Waals surface area contributed by atoms with Crippen LogP contribution in [0.2, 0.25) is 0 Å². The van der Waals surface area contributed by atoms with Crippen molar-refractivity contribution < 1.29 is 4.79 Å². The molecule has 2 amide bonds. The van der Waals surface area contributed by atoms with E-state index in [0.717, 1.165) is 24.5 Å². The standard InChI is InChI=1S/C18H23N3O/c1-4-21(5-2)17-13-11-15(12-14-17)19-18(22)20(3)16-9-7-6-8-10-16/h6-14H,4-5H2,1-3H3,(H,19,22). The lowest BCUT2D eigenvalue weighted by molar-refractivity contribution is 0.258. The third kappa shape index (κ3) is 3.79. The molecule has 22 heavy (non-hydrogen) atoms. The van der Waals surface area contributed by atoms with Crippen LogP contribution < -0.4 is 15.1 Å². The molecule has 2 aromatic carbocycles. The Labute approximate surface area is 132 Å². The van der Waals surface area contributed by atoms with Crippen molar-refractivity contribution in [2.75, 3.05) is 35.3 Å². The summed E-state index contributed by atoms with van der Waals surface area (Å²) in [7, 11) is 1.76. The van der Waals surface area contributed by atoms with E-state index in [9.17, 15) is 4.79 Å². The lowest BCUT2D eigenvalue weighted by atomic mass is 10.2. The zero-order chi connectivity index (χ0) is 15.9. The summed E-state index contributed by atoms with van der Waals surface area (Å²) < 4.78 is 0. The number of para-hydroxylation sites is 1. The van der Waals surface area contributed by atoms with Crippen molar-refractivity contribution >= 4 is 23.1 Å². The molecule has 0 fully saturated rings. The molecule has 0 spiro atoms. The molecule has 0 aliphatic heterocycles. The number of nitrogens with one attached hydrogen (secondary N) is 1. The summed E-state index contributed by atoms with van der Waals surface area (Å²) in [6, 6.07) is 17.4. The van der Waals surface area contributed by atoms with Crippen molar-refractivity contribution in [1.29, 1.82) is 0 Å². The Balaban J connectivity index is 2.03. The lowest BCUT2D eigenvalue weighted by Crippen LogP contribution is -2.31. The summed E-state index contributed by atoms with van der Waals surface area (Å²) >= 11 is 0. The van der Waals surface area contributed by atoms with Gasteiger partial charge in [0.2, 0.25) is 0 Å². The van der Waals surface area contributed by atoms with E-state index < -0.39 is 0 Å². The van der Waals surface area contributed by atoms with E-state index in [1.807, 2.05) is 54.6 Å². The highest BCUT2D eigenvalue weighted by Crippen LogP contribution is 2.19. The van der Waals surface area contributed by atoms with Gasteiger partial charge in [-0.15, -0.1) is 0 Å². The Bertz CT molecular complexity index is 591. The number of carbonyl (C=O) groups excluding carboxylic acids is 1. The Morgan fingerprint density at radius 2 is 1.50 bits per heavy atom. The van der Waals surface area contributed by atoms with Crippen LogP contribution in [0.1, 0.15) is 13.8 Å². The highest BCUT2D eigenvalue weighted by Gasteiger charge is 2.10. The number of anilines is 3. The van der Waals surface area contributed by atoms with Gasteiger partial charge in [0.15, 0.2) is 0 Å². The van der Waals surface area contributed by atoms with Crippen LogP contribution in [0.15, 0.2) is 54.6 Å². The molecule has 0 atom stereocenters. The summed E-state index contributed by atoms with van der Waals surface area (Å²) in [5, 5.41) is 2.91. The summed E-state index contributed by atoms with van der Waals surface area (Å²) in [6.45, 7) is 6.21. The monoisotopic (exact) mass is 297 g/mol. The van der Waals surface area contributed by atoms with E-state index in [2.05, 4.69) is 24.1 Å². The van der Waals surface area contributed by atoms with Gasteiger partial charge in [0.25, 0.3) is 0 Å². The van der Waals surface area contributed by atoms with Crippen LogP contribution in [0.3, 0.4) is 0 Å². The first kappa shape index (κ1) is 15.9. The molecule has 0 saturated heterocycles. The van der Waals surface area contributed by atoms with Crippen molar-refractivity contribution in [3.8, 4) is 0 Å². The molecule has 2 aromatic rings. The minimum Gasteiger partial charge on any atom is -0.372 e. The van der Waals surface area contributed by atoms with E-state index in [-0.39, 0.29) is 6.03 Å². The predicted molar refractivity (Wildman–Crippen MR) is 93.9 cm³/mol. The van der Waals surface area contributed by atoms with Crippen molar-refractivity contribution in [3.05, 3.63) is 54.6 Å². The summed E-state index contributed by atoms with van der Waals surface area (Å²) in [4.78, 5) is 16.1. The van der Waals surface area contributed by atoms with Gasteiger partial charge in [-0.05, 0) is 50.2 Å². The third-order valence-corrected chi connectivity index (χ3v) is 3.70. The first-order valence-corrected chi connectivity index (χ1v) is 7.60. The van der Waals surface area contributed by atoms with E-state index in [0.29, 0.717) is 0 Å². The minimum absolute atomic E-state index is 0.151. The Morgan fingerprint density at radius 3 is 2.05 bits per heavy atom. The zero-order valence-corrected chi connectivity index (χ0v) is 13.4. The number of hydrogen-bond acceptors (Lipinski definition) is 2. The van der Waals surface area contributed by atoms with Crippen LogP contribution in [0.25, 0.3) is 0 Å². The number of rotatable bonds is 5. The maximum absolute atomic E-state index is 12.2. The van der Waals surface area contributed by atoms with Crippen LogP contribution in [0, 0.1) is 0 Å². The fraction of sp³-hybridized carbons (Fsp3) is 0.278. The highest BCUT2D eigenvalue weighted by molar-refractivity contribution is 6.01. The maximum Gasteiger partial charge on any atom is 0.326 e. The fourth-order valence-corrected chi connectivity index (χ4v) is 2.32. The molecule has 0 bridgehead atoms. The number of nitrogens with zero attached hydrogens (tertiary/aromatic N) is 2. The van der Waals surface area contributed by atoms with Gasteiger partial charge < -0.3 is 10.2 Å². The summed E-state index contributed by atoms with van der Waals surface area (Å²) in [6.07, 6.45) is 0. The minimum atomic E-state index is -0.151. The molecular formula is C18H23N3O. The van der Waals surface area contributed by atoms with Crippen molar-refractivity contribution in [2.24, 2.45) is 0 Å². The average Bonchev–Trinajstić information content (AvgIpc) is 2.57. The number of hydrogen-bond donors (Lipinski definition) is 1. The van der Waals surface area contributed by atoms with Gasteiger partial charge in [0, 0.05) is 37.2 Å². The molecular weight excluding hydrogens is 274 g/mol. The second-order valence-electron chi connectivity index (χ2n) is 5.04. The van der Waals surface area contributed by atoms with Gasteiger partial charge in [0.05, 0.1) is 0 Å². The van der Waals surface area contributed by atoms with Gasteiger partial charge in [-0.2, -0.15) is 0 Å². The largest absolute Gasteiger partial charge is 0.372 e. The molecule has 0 aliphatic carbocycles. The molecule has 0 aliphatic rings. The quantitative estimate of drug-likeness (QED) is 0.897. The van der Waals surface area contributed by atoms with Crippen molar-refractivity contribution in [2.45, 2.75) is 13.8 Å². The smallest absolute Gasteiger partial charge is 0.326 e. The van der Waals surface area contributed by atoms with E-state index in [1.54, 1.807) is 11.9 Å². The van der Waals surface area contributed by atoms with E-state index in [1.165, 1.54) is 5.69 Å². The van der Waals surface area contributed by atoms with Crippen molar-refractivity contribution in [1.82, 2.24) is 0 Å². The number of urea groups is 1. The molecule has 0 aromatic heterocycles. The summed E-state index contributed by atoms with van der Waals surface area (Å²) in [5.74, 6) is 0. The molecule has 116 valence electrons. The van der Waals surface area contributed by atoms with Crippen LogP contribution in [-0.2, 0) is 0 Å². The van der Waals surface area contributed by atoms with Crippen LogP contribution >= 0.6 is 0 Å². The Morgan fingerprint density at radius 1 is 0.909 bits per heavy atom. The predicted octanol–water partition coefficient (Wildman–Crippen LogP) is 4.20. The molecule has 1 N–H and O–H groups in total. The first-order chi connectivity index (χ1) is 10.7. The van der Waals surface area contributed by atoms with Gasteiger partial charge in [-0.25, -0.2) is 4.79 Å². The Hall–Kier alpha value is -2.49. The molecule has 2 rings (SSSR count). The van der Waals surface area contributed by atoms with Crippen molar-refractivity contribution in [3.63, 3.8) is 0 Å². The molecule has 4 nitrogen and oxygen atoms in total. The zero-order valence-electron chi connectivity index (χ0n) is 13.4. The molecule has 0 unspecified atom stereocenters. The summed E-state index contributed by atoms with van der Waals surface area (Å²) in [5.41, 5.74) is 2.82. The molecule has 4 heteroatoms. The van der Waals surface area contributed by atoms with Crippen LogP contribution in [0.5, 0.6) is 0 Å². The maximum atomic E-state index is 12.2. The SMILES string of the molecule is CCN(CC)c1ccc(NC(=O)N(C)c2ccccc2)cc1. The second kappa shape index (κ2) is 7.50. The van der Waals surface area contributed by atoms with Crippen LogP contribution in [-0.4, -0.2) is 26.2 Å². The van der Waals surface area contributed by atoms with E-state index >= 15 is 0 Å². The normalized spacial score (nSPS) is 10.1. The molecule has 0 saturated carbocycles. The number of carbonyl (C=O) groups is 1. The van der Waals surface area contributed by atoms with Gasteiger partial charge >= 0.3 is 6.03 Å². The lowest BCUT2D eigenvalue weighted by Gasteiger charge is -2.22. The highest BCUT2D eigenvalue weighted by atomic mass is 16.2. The Kier molecular flexibility index (Phi) is 5.42. The fourth-order valence-electron chi connectivity index (χ4n) is 2.32. The molecule has 0 radical (unpaired) electrons. The van der Waals surface area contributed by atoms with E-state index in [4.69, 9.17) is 0 Å². The topological polar surface area (TPSA) is 35.6 Å². The van der Waals surface area contributed by atoms with Gasteiger partial charge in [-0.3, -0.25) is 4.90 Å². The number of benzene rings is 2. The number of amides is 2. The average molecular weight is 297 g/mol. The van der Waals surface area contributed by atoms with Gasteiger partial charge in [0.1, 0.15) is 0 Å². The van der Waals surface area contributed by atoms with Gasteiger partial charge in [-0.1, -0.05) is 18.2 Å². The molecule has 0 heterocycles. The first-order valence-electron chi connectivity index (χ1n) is 7.60. The third-order valence-electron chi connectivity index (χ3n) is 3.70. The van der Waals surface area contributed by atoms with Crippen LogP contribution in [0.4, 0.5) is 21.9 Å².